The van der Waals surface area contributed by atoms with Gasteiger partial charge in [-0.1, -0.05) is 36.4 Å². The van der Waals surface area contributed by atoms with Crippen molar-refractivity contribution >= 4 is 16.8 Å². The van der Waals surface area contributed by atoms with E-state index in [0.29, 0.717) is 23.0 Å². The third-order valence-electron chi connectivity index (χ3n) is 4.21. The van der Waals surface area contributed by atoms with E-state index in [-0.39, 0.29) is 11.5 Å². The normalized spacial score (nSPS) is 10.8. The summed E-state index contributed by atoms with van der Waals surface area (Å²) in [6, 6.07) is 16.4. The van der Waals surface area contributed by atoms with Gasteiger partial charge in [0.25, 0.3) is 5.91 Å². The van der Waals surface area contributed by atoms with Crippen LogP contribution in [0.25, 0.3) is 16.6 Å². The van der Waals surface area contributed by atoms with Crippen molar-refractivity contribution in [1.29, 1.82) is 0 Å². The Hall–Kier alpha value is -3.67. The maximum atomic E-state index is 12.7. The lowest BCUT2D eigenvalue weighted by molar-refractivity contribution is 0.0952. The van der Waals surface area contributed by atoms with Crippen LogP contribution in [-0.2, 0) is 6.54 Å². The molecule has 0 saturated carbocycles. The van der Waals surface area contributed by atoms with Crippen LogP contribution < -0.4 is 10.9 Å². The third-order valence-corrected chi connectivity index (χ3v) is 4.21. The molecule has 4 aromatic rings. The van der Waals surface area contributed by atoms with Crippen molar-refractivity contribution in [1.82, 2.24) is 19.9 Å². The first-order valence-corrected chi connectivity index (χ1v) is 8.19. The number of amides is 1. The van der Waals surface area contributed by atoms with Gasteiger partial charge in [-0.25, -0.2) is 4.98 Å². The summed E-state index contributed by atoms with van der Waals surface area (Å²) in [6.07, 6.45) is 5.27. The molecule has 0 aliphatic carbocycles. The van der Waals surface area contributed by atoms with Crippen molar-refractivity contribution in [2.75, 3.05) is 0 Å². The summed E-state index contributed by atoms with van der Waals surface area (Å²) in [5, 5.41) is 3.63. The Morgan fingerprint density at radius 1 is 1.12 bits per heavy atom. The van der Waals surface area contributed by atoms with Crippen molar-refractivity contribution in [2.24, 2.45) is 0 Å². The minimum Gasteiger partial charge on any atom is -0.348 e. The Balaban J connectivity index is 1.62. The van der Waals surface area contributed by atoms with Crippen LogP contribution in [0.3, 0.4) is 0 Å². The number of aromatic nitrogens is 3. The van der Waals surface area contributed by atoms with Crippen LogP contribution in [0.5, 0.6) is 0 Å². The fourth-order valence-corrected chi connectivity index (χ4v) is 2.98. The topological polar surface area (TPSA) is 79.8 Å². The van der Waals surface area contributed by atoms with Gasteiger partial charge in [-0.15, -0.1) is 0 Å². The molecule has 0 aliphatic rings. The predicted molar refractivity (Wildman–Crippen MR) is 99.3 cm³/mol. The molecule has 0 aliphatic heterocycles. The van der Waals surface area contributed by atoms with Gasteiger partial charge in [0, 0.05) is 35.9 Å². The largest absolute Gasteiger partial charge is 0.348 e. The number of rotatable bonds is 4. The lowest BCUT2D eigenvalue weighted by Gasteiger charge is -2.12. The number of benzene rings is 2. The van der Waals surface area contributed by atoms with Gasteiger partial charge in [0.05, 0.1) is 17.6 Å². The summed E-state index contributed by atoms with van der Waals surface area (Å²) >= 11 is 0. The van der Waals surface area contributed by atoms with Gasteiger partial charge in [-0.05, 0) is 17.7 Å². The van der Waals surface area contributed by atoms with E-state index in [0.717, 1.165) is 11.3 Å². The zero-order valence-corrected chi connectivity index (χ0v) is 13.8. The van der Waals surface area contributed by atoms with Crippen LogP contribution in [0.1, 0.15) is 15.9 Å². The van der Waals surface area contributed by atoms with Crippen molar-refractivity contribution < 1.29 is 4.79 Å². The van der Waals surface area contributed by atoms with Gasteiger partial charge in [-0.2, -0.15) is 0 Å². The number of hydrogen-bond acceptors (Lipinski definition) is 3. The van der Waals surface area contributed by atoms with Gasteiger partial charge in [0.2, 0.25) is 5.56 Å². The van der Waals surface area contributed by atoms with E-state index in [2.05, 4.69) is 15.3 Å². The molecule has 0 saturated heterocycles. The van der Waals surface area contributed by atoms with Gasteiger partial charge >= 0.3 is 0 Å². The summed E-state index contributed by atoms with van der Waals surface area (Å²) in [7, 11) is 0. The van der Waals surface area contributed by atoms with Gasteiger partial charge in [0.1, 0.15) is 0 Å². The minimum atomic E-state index is -0.298. The fraction of sp³-hybridized carbons (Fsp3) is 0.0500. The summed E-state index contributed by atoms with van der Waals surface area (Å²) in [5.74, 6) is -0.285. The minimum absolute atomic E-state index is 0.285. The van der Waals surface area contributed by atoms with Crippen molar-refractivity contribution in [3.63, 3.8) is 0 Å². The van der Waals surface area contributed by atoms with E-state index in [1.165, 1.54) is 6.07 Å². The Labute approximate surface area is 149 Å². The van der Waals surface area contributed by atoms with Crippen LogP contribution >= 0.6 is 0 Å². The number of hydrogen-bond donors (Lipinski definition) is 2. The lowest BCUT2D eigenvalue weighted by Crippen LogP contribution is -2.25. The monoisotopic (exact) mass is 344 g/mol. The van der Waals surface area contributed by atoms with E-state index in [1.54, 1.807) is 18.6 Å². The third kappa shape index (κ3) is 3.00. The summed E-state index contributed by atoms with van der Waals surface area (Å²) in [6.45, 7) is 0.342. The van der Waals surface area contributed by atoms with E-state index in [4.69, 9.17) is 0 Å². The first-order chi connectivity index (χ1) is 12.7. The first kappa shape index (κ1) is 15.8. The average molecular weight is 344 g/mol. The van der Waals surface area contributed by atoms with E-state index >= 15 is 0 Å². The summed E-state index contributed by atoms with van der Waals surface area (Å²) < 4.78 is 1.89. The van der Waals surface area contributed by atoms with Crippen LogP contribution in [0, 0.1) is 0 Å². The van der Waals surface area contributed by atoms with Crippen LogP contribution in [0.4, 0.5) is 0 Å². The molecule has 128 valence electrons. The second-order valence-corrected chi connectivity index (χ2v) is 5.87. The quantitative estimate of drug-likeness (QED) is 0.597. The number of carbonyl (C=O) groups is 1. The number of para-hydroxylation sites is 2. The zero-order chi connectivity index (χ0) is 17.9. The van der Waals surface area contributed by atoms with Crippen molar-refractivity contribution in [2.45, 2.75) is 6.54 Å². The molecule has 2 aromatic heterocycles. The zero-order valence-electron chi connectivity index (χ0n) is 13.8. The number of fused-ring (bicyclic) bond motifs is 1. The molecular weight excluding hydrogens is 328 g/mol. The number of aromatic amines is 1. The summed E-state index contributed by atoms with van der Waals surface area (Å²) in [4.78, 5) is 31.3. The number of H-pyrrole nitrogens is 1. The van der Waals surface area contributed by atoms with Gasteiger partial charge in [0.15, 0.2) is 0 Å². The number of nitrogens with one attached hydrogen (secondary N) is 2. The molecule has 2 N–H and O–H groups in total. The second-order valence-electron chi connectivity index (χ2n) is 5.87. The smallest absolute Gasteiger partial charge is 0.252 e. The molecule has 0 radical (unpaired) electrons. The van der Waals surface area contributed by atoms with Gasteiger partial charge in [-0.3, -0.25) is 9.59 Å². The van der Waals surface area contributed by atoms with E-state index < -0.39 is 0 Å². The van der Waals surface area contributed by atoms with Crippen LogP contribution in [-0.4, -0.2) is 20.4 Å². The number of nitrogens with zero attached hydrogens (tertiary/aromatic N) is 2. The standard InChI is InChI=1S/C20H16N4O2/c25-19-11-16(15-6-2-3-7-17(15)23-19)20(26)22-12-14-5-1-4-8-18(14)24-10-9-21-13-24/h1-11,13H,12H2,(H,22,26)(H,23,25). The maximum absolute atomic E-state index is 12.7. The molecule has 1 amide bonds. The predicted octanol–water partition coefficient (Wildman–Crippen LogP) is 2.64. The molecule has 26 heavy (non-hydrogen) atoms. The SMILES string of the molecule is O=C(NCc1ccccc1-n1ccnc1)c1cc(=O)[nH]c2ccccc12. The molecule has 0 unspecified atom stereocenters. The molecule has 0 bridgehead atoms. The highest BCUT2D eigenvalue weighted by atomic mass is 16.2. The Morgan fingerprint density at radius 3 is 2.77 bits per heavy atom. The highest BCUT2D eigenvalue weighted by Gasteiger charge is 2.12. The molecule has 6 heteroatoms. The Morgan fingerprint density at radius 2 is 1.92 bits per heavy atom. The number of imidazole rings is 1. The number of carbonyl (C=O) groups excluding carboxylic acids is 1. The Bertz CT molecular complexity index is 1130. The molecular formula is C20H16N4O2. The molecule has 4 rings (SSSR count). The van der Waals surface area contributed by atoms with Gasteiger partial charge < -0.3 is 14.9 Å². The van der Waals surface area contributed by atoms with E-state index in [9.17, 15) is 9.59 Å². The molecule has 2 aromatic carbocycles. The highest BCUT2D eigenvalue weighted by molar-refractivity contribution is 6.05. The lowest BCUT2D eigenvalue weighted by atomic mass is 10.1. The summed E-state index contributed by atoms with van der Waals surface area (Å²) in [5.41, 5.74) is 2.61. The number of pyridine rings is 1. The molecule has 0 spiro atoms. The van der Waals surface area contributed by atoms with Crippen LogP contribution in [0.2, 0.25) is 0 Å². The molecule has 6 nitrogen and oxygen atoms in total. The van der Waals surface area contributed by atoms with Crippen molar-refractivity contribution in [3.8, 4) is 5.69 Å². The first-order valence-electron chi connectivity index (χ1n) is 8.19. The highest BCUT2D eigenvalue weighted by Crippen LogP contribution is 2.16. The van der Waals surface area contributed by atoms with Crippen molar-refractivity contribution in [3.05, 3.63) is 94.8 Å². The Kier molecular flexibility index (Phi) is 4.07. The average Bonchev–Trinajstić information content (AvgIpc) is 3.20. The van der Waals surface area contributed by atoms with E-state index in [1.807, 2.05) is 53.2 Å². The molecule has 2 heterocycles. The van der Waals surface area contributed by atoms with Crippen LogP contribution in [0.15, 0.2) is 78.1 Å². The molecule has 0 fully saturated rings. The molecule has 0 atom stereocenters. The maximum Gasteiger partial charge on any atom is 0.252 e. The second kappa shape index (κ2) is 6.68. The fourth-order valence-electron chi connectivity index (χ4n) is 2.98.